The van der Waals surface area contributed by atoms with Gasteiger partial charge in [0, 0.05) is 6.54 Å². The number of hydrogen-bond donors (Lipinski definition) is 3. The van der Waals surface area contributed by atoms with E-state index in [2.05, 4.69) is 16.9 Å². The fraction of sp³-hybridized carbons (Fsp3) is 0.778. The molecule has 80 valence electrons. The summed E-state index contributed by atoms with van der Waals surface area (Å²) in [5.41, 5.74) is 16.2. The maximum Gasteiger partial charge on any atom is 0.218 e. The first-order chi connectivity index (χ1) is 6.52. The van der Waals surface area contributed by atoms with Crippen molar-refractivity contribution in [3.05, 3.63) is 0 Å². The van der Waals surface area contributed by atoms with Crippen molar-refractivity contribution in [2.45, 2.75) is 32.6 Å². The average molecular weight is 197 g/mol. The van der Waals surface area contributed by atoms with Crippen LogP contribution in [0.25, 0.3) is 0 Å². The zero-order chi connectivity index (χ0) is 10.6. The third kappa shape index (κ3) is 3.24. The van der Waals surface area contributed by atoms with Crippen LogP contribution in [0.1, 0.15) is 32.6 Å². The van der Waals surface area contributed by atoms with Crippen molar-refractivity contribution in [2.24, 2.45) is 32.6 Å². The monoisotopic (exact) mass is 197 g/mol. The zero-order valence-corrected chi connectivity index (χ0v) is 8.66. The Morgan fingerprint density at radius 3 is 2.29 bits per heavy atom. The van der Waals surface area contributed by atoms with Crippen LogP contribution in [0.5, 0.6) is 0 Å². The van der Waals surface area contributed by atoms with E-state index in [4.69, 9.17) is 17.2 Å². The molecule has 0 amide bonds. The second kappa shape index (κ2) is 4.30. The Bertz CT molecular complexity index is 246. The van der Waals surface area contributed by atoms with Crippen molar-refractivity contribution >= 4 is 11.9 Å². The molecule has 5 nitrogen and oxygen atoms in total. The molecular formula is C9H19N5. The summed E-state index contributed by atoms with van der Waals surface area (Å²) in [6.45, 7) is 2.95. The third-order valence-corrected chi connectivity index (χ3v) is 2.68. The Hall–Kier alpha value is -1.26. The lowest BCUT2D eigenvalue weighted by atomic mass is 9.89. The minimum Gasteiger partial charge on any atom is -0.370 e. The van der Waals surface area contributed by atoms with Gasteiger partial charge in [0.2, 0.25) is 5.96 Å². The number of guanidine groups is 2. The molecule has 0 aromatic carbocycles. The fourth-order valence-corrected chi connectivity index (χ4v) is 1.83. The highest BCUT2D eigenvalue weighted by atomic mass is 15.1. The Labute approximate surface area is 84.5 Å². The van der Waals surface area contributed by atoms with Gasteiger partial charge in [0.25, 0.3) is 0 Å². The van der Waals surface area contributed by atoms with Gasteiger partial charge in [-0.1, -0.05) is 19.8 Å². The van der Waals surface area contributed by atoms with Gasteiger partial charge in [0.05, 0.1) is 0 Å². The van der Waals surface area contributed by atoms with E-state index in [0.29, 0.717) is 5.41 Å². The summed E-state index contributed by atoms with van der Waals surface area (Å²) in [5.74, 6) is 0.140. The molecule has 1 rings (SSSR count). The molecular weight excluding hydrogens is 178 g/mol. The zero-order valence-electron chi connectivity index (χ0n) is 8.66. The second-order valence-electron chi connectivity index (χ2n) is 4.23. The van der Waals surface area contributed by atoms with Crippen LogP contribution >= 0.6 is 0 Å². The molecule has 0 atom stereocenters. The highest BCUT2D eigenvalue weighted by Crippen LogP contribution is 2.37. The van der Waals surface area contributed by atoms with Gasteiger partial charge in [-0.15, -0.1) is 0 Å². The van der Waals surface area contributed by atoms with Crippen LogP contribution < -0.4 is 17.2 Å². The number of nitrogens with two attached hydrogens (primary N) is 3. The largest absolute Gasteiger partial charge is 0.370 e. The van der Waals surface area contributed by atoms with Crippen LogP contribution in [-0.4, -0.2) is 18.5 Å². The first-order valence-corrected chi connectivity index (χ1v) is 4.91. The summed E-state index contributed by atoms with van der Waals surface area (Å²) in [6, 6.07) is 0. The smallest absolute Gasteiger partial charge is 0.218 e. The highest BCUT2D eigenvalue weighted by molar-refractivity contribution is 5.92. The lowest BCUT2D eigenvalue weighted by molar-refractivity contribution is 0.351. The van der Waals surface area contributed by atoms with Gasteiger partial charge in [-0.05, 0) is 18.3 Å². The van der Waals surface area contributed by atoms with Crippen molar-refractivity contribution in [1.29, 1.82) is 0 Å². The maximum absolute atomic E-state index is 5.51. The number of hydrogen-bond acceptors (Lipinski definition) is 1. The van der Waals surface area contributed by atoms with Gasteiger partial charge in [0.15, 0.2) is 5.96 Å². The number of aliphatic imine (C=N–C) groups is 2. The predicted octanol–water partition coefficient (Wildman–Crippen LogP) is 0.155. The second-order valence-corrected chi connectivity index (χ2v) is 4.23. The van der Waals surface area contributed by atoms with Crippen LogP contribution in [0.4, 0.5) is 0 Å². The molecule has 1 aliphatic carbocycles. The molecule has 1 saturated carbocycles. The van der Waals surface area contributed by atoms with Crippen LogP contribution in [0.15, 0.2) is 9.98 Å². The summed E-state index contributed by atoms with van der Waals surface area (Å²) < 4.78 is 0. The molecule has 6 N–H and O–H groups in total. The average Bonchev–Trinajstić information content (AvgIpc) is 2.49. The molecule has 1 aliphatic rings. The predicted molar refractivity (Wildman–Crippen MR) is 58.9 cm³/mol. The van der Waals surface area contributed by atoms with E-state index in [1.807, 2.05) is 0 Å². The van der Waals surface area contributed by atoms with Gasteiger partial charge >= 0.3 is 0 Å². The molecule has 1 fully saturated rings. The molecule has 0 heterocycles. The van der Waals surface area contributed by atoms with Gasteiger partial charge in [-0.2, -0.15) is 4.99 Å². The lowest BCUT2D eigenvalue weighted by Crippen LogP contribution is -2.27. The van der Waals surface area contributed by atoms with E-state index in [1.54, 1.807) is 0 Å². The minimum absolute atomic E-state index is 0.0391. The van der Waals surface area contributed by atoms with E-state index in [-0.39, 0.29) is 11.9 Å². The van der Waals surface area contributed by atoms with Gasteiger partial charge in [-0.3, -0.25) is 4.99 Å². The standard InChI is InChI=1S/C9H19N5/c1-9(4-2-3-5-9)6-13-8(12)14-7(10)11/h2-6H2,1H3,(H6,10,11,12,13,14). The summed E-state index contributed by atoms with van der Waals surface area (Å²) in [4.78, 5) is 7.83. The van der Waals surface area contributed by atoms with Crippen LogP contribution in [0, 0.1) is 5.41 Å². The SMILES string of the molecule is CC1(CN=C(N)N=C(N)N)CCCC1. The van der Waals surface area contributed by atoms with E-state index in [1.165, 1.54) is 25.7 Å². The first-order valence-electron chi connectivity index (χ1n) is 4.91. The molecule has 0 radical (unpaired) electrons. The highest BCUT2D eigenvalue weighted by Gasteiger charge is 2.28. The quantitative estimate of drug-likeness (QED) is 0.434. The molecule has 14 heavy (non-hydrogen) atoms. The van der Waals surface area contributed by atoms with Crippen LogP contribution in [-0.2, 0) is 0 Å². The number of nitrogens with zero attached hydrogens (tertiary/aromatic N) is 2. The minimum atomic E-state index is -0.0391. The van der Waals surface area contributed by atoms with Crippen molar-refractivity contribution in [3.63, 3.8) is 0 Å². The Kier molecular flexibility index (Phi) is 3.33. The normalized spacial score (nSPS) is 20.8. The number of rotatable bonds is 2. The van der Waals surface area contributed by atoms with Gasteiger partial charge in [0.1, 0.15) is 0 Å². The topological polar surface area (TPSA) is 103 Å². The van der Waals surface area contributed by atoms with Crippen molar-refractivity contribution < 1.29 is 0 Å². The van der Waals surface area contributed by atoms with Gasteiger partial charge < -0.3 is 17.2 Å². The lowest BCUT2D eigenvalue weighted by Gasteiger charge is -2.20. The fourth-order valence-electron chi connectivity index (χ4n) is 1.83. The van der Waals surface area contributed by atoms with Crippen molar-refractivity contribution in [3.8, 4) is 0 Å². The van der Waals surface area contributed by atoms with E-state index in [0.717, 1.165) is 6.54 Å². The molecule has 0 aromatic rings. The summed E-state index contributed by atoms with van der Waals surface area (Å²) in [7, 11) is 0. The molecule has 0 spiro atoms. The van der Waals surface area contributed by atoms with Crippen LogP contribution in [0.3, 0.4) is 0 Å². The third-order valence-electron chi connectivity index (χ3n) is 2.68. The molecule has 0 aliphatic heterocycles. The van der Waals surface area contributed by atoms with E-state index in [9.17, 15) is 0 Å². The van der Waals surface area contributed by atoms with E-state index < -0.39 is 0 Å². The van der Waals surface area contributed by atoms with E-state index >= 15 is 0 Å². The molecule has 0 aromatic heterocycles. The molecule has 0 saturated heterocycles. The Balaban J connectivity index is 2.49. The molecule has 0 unspecified atom stereocenters. The van der Waals surface area contributed by atoms with Crippen molar-refractivity contribution in [2.75, 3.05) is 6.54 Å². The Morgan fingerprint density at radius 2 is 1.79 bits per heavy atom. The van der Waals surface area contributed by atoms with Crippen molar-refractivity contribution in [1.82, 2.24) is 0 Å². The summed E-state index contributed by atoms with van der Waals surface area (Å²) >= 11 is 0. The first kappa shape index (κ1) is 10.8. The van der Waals surface area contributed by atoms with Crippen LogP contribution in [0.2, 0.25) is 0 Å². The summed E-state index contributed by atoms with van der Waals surface area (Å²) in [5, 5.41) is 0. The Morgan fingerprint density at radius 1 is 1.21 bits per heavy atom. The molecule has 0 bridgehead atoms. The maximum atomic E-state index is 5.51. The molecule has 5 heteroatoms. The van der Waals surface area contributed by atoms with Gasteiger partial charge in [-0.25, -0.2) is 0 Å². The summed E-state index contributed by atoms with van der Waals surface area (Å²) in [6.07, 6.45) is 5.00.